The summed E-state index contributed by atoms with van der Waals surface area (Å²) in [6, 6.07) is 20.3. The SMILES string of the molecule is COc1ccccc1CN1CCN(C2(c3cccc(C(F)F)c3)C(=O)c3ccccc3C2=O)CC1. The smallest absolute Gasteiger partial charge is 0.263 e. The summed E-state index contributed by atoms with van der Waals surface area (Å²) < 4.78 is 32.6. The molecule has 0 atom stereocenters. The third-order valence-electron chi connectivity index (χ3n) is 7.06. The van der Waals surface area contributed by atoms with E-state index in [2.05, 4.69) is 4.90 Å². The molecule has 5 rings (SSSR count). The monoisotopic (exact) mass is 476 g/mol. The molecule has 5 nitrogen and oxygen atoms in total. The highest BCUT2D eigenvalue weighted by molar-refractivity contribution is 6.32. The first kappa shape index (κ1) is 23.3. The van der Waals surface area contributed by atoms with Gasteiger partial charge in [0.1, 0.15) is 5.75 Å². The van der Waals surface area contributed by atoms with Crippen molar-refractivity contribution in [2.75, 3.05) is 33.3 Å². The Balaban J connectivity index is 1.49. The summed E-state index contributed by atoms with van der Waals surface area (Å²) in [7, 11) is 1.64. The first-order valence-corrected chi connectivity index (χ1v) is 11.6. The highest BCUT2D eigenvalue weighted by atomic mass is 19.3. The second-order valence-corrected chi connectivity index (χ2v) is 8.92. The van der Waals surface area contributed by atoms with Gasteiger partial charge in [0, 0.05) is 55.0 Å². The summed E-state index contributed by atoms with van der Waals surface area (Å²) in [5, 5.41) is 0. The van der Waals surface area contributed by atoms with Crippen LogP contribution in [0, 0.1) is 0 Å². The lowest BCUT2D eigenvalue weighted by Gasteiger charge is -2.44. The zero-order valence-electron chi connectivity index (χ0n) is 19.4. The molecule has 0 spiro atoms. The van der Waals surface area contributed by atoms with E-state index in [1.165, 1.54) is 18.2 Å². The predicted molar refractivity (Wildman–Crippen MR) is 128 cm³/mol. The number of para-hydroxylation sites is 1. The summed E-state index contributed by atoms with van der Waals surface area (Å²) >= 11 is 0. The van der Waals surface area contributed by atoms with Crippen LogP contribution in [0.5, 0.6) is 5.75 Å². The van der Waals surface area contributed by atoms with Gasteiger partial charge in [-0.3, -0.25) is 19.4 Å². The van der Waals surface area contributed by atoms with Crippen molar-refractivity contribution < 1.29 is 23.1 Å². The van der Waals surface area contributed by atoms with Crippen molar-refractivity contribution in [1.82, 2.24) is 9.80 Å². The predicted octanol–water partition coefficient (Wildman–Crippen LogP) is 4.73. The van der Waals surface area contributed by atoms with Crippen molar-refractivity contribution in [3.05, 3.63) is 101 Å². The molecule has 0 saturated carbocycles. The maximum absolute atomic E-state index is 13.9. The first-order valence-electron chi connectivity index (χ1n) is 11.6. The minimum atomic E-state index is -2.70. The van der Waals surface area contributed by atoms with Gasteiger partial charge in [-0.05, 0) is 17.7 Å². The average Bonchev–Trinajstić information content (AvgIpc) is 3.12. The van der Waals surface area contributed by atoms with E-state index in [1.54, 1.807) is 37.4 Å². The van der Waals surface area contributed by atoms with Gasteiger partial charge >= 0.3 is 0 Å². The molecule has 7 heteroatoms. The molecule has 0 bridgehead atoms. The van der Waals surface area contributed by atoms with Gasteiger partial charge in [-0.25, -0.2) is 8.78 Å². The number of ether oxygens (including phenoxy) is 1. The molecule has 1 fully saturated rings. The summed E-state index contributed by atoms with van der Waals surface area (Å²) in [5.74, 6) is 0.122. The van der Waals surface area contributed by atoms with E-state index < -0.39 is 12.0 Å². The highest BCUT2D eigenvalue weighted by Gasteiger charge is 2.58. The second-order valence-electron chi connectivity index (χ2n) is 8.92. The van der Waals surface area contributed by atoms with Crippen LogP contribution >= 0.6 is 0 Å². The molecule has 180 valence electrons. The number of hydrogen-bond acceptors (Lipinski definition) is 5. The fraction of sp³-hybridized carbons (Fsp3) is 0.286. The van der Waals surface area contributed by atoms with Crippen LogP contribution in [0.3, 0.4) is 0 Å². The van der Waals surface area contributed by atoms with E-state index in [1.807, 2.05) is 29.2 Å². The van der Waals surface area contributed by atoms with E-state index in [0.29, 0.717) is 49.4 Å². The van der Waals surface area contributed by atoms with Gasteiger partial charge in [0.25, 0.3) is 6.43 Å². The van der Waals surface area contributed by atoms with Gasteiger partial charge in [0.15, 0.2) is 17.1 Å². The van der Waals surface area contributed by atoms with E-state index in [9.17, 15) is 18.4 Å². The zero-order valence-corrected chi connectivity index (χ0v) is 19.4. The number of piperazine rings is 1. The Hall–Kier alpha value is -3.42. The molecule has 1 saturated heterocycles. The molecule has 0 N–H and O–H groups in total. The summed E-state index contributed by atoms with van der Waals surface area (Å²) in [6.07, 6.45) is -2.70. The molecular formula is C28H26F2N2O3. The average molecular weight is 477 g/mol. The van der Waals surface area contributed by atoms with Crippen LogP contribution in [-0.2, 0) is 12.1 Å². The quantitative estimate of drug-likeness (QED) is 0.482. The van der Waals surface area contributed by atoms with Gasteiger partial charge in [-0.15, -0.1) is 0 Å². The number of alkyl halides is 2. The Labute approximate surface area is 202 Å². The highest BCUT2D eigenvalue weighted by Crippen LogP contribution is 2.43. The van der Waals surface area contributed by atoms with Crippen molar-refractivity contribution >= 4 is 11.6 Å². The van der Waals surface area contributed by atoms with Crippen molar-refractivity contribution in [3.8, 4) is 5.75 Å². The maximum Gasteiger partial charge on any atom is 0.263 e. The van der Waals surface area contributed by atoms with E-state index in [0.717, 1.165) is 11.3 Å². The van der Waals surface area contributed by atoms with Gasteiger partial charge in [-0.2, -0.15) is 0 Å². The summed E-state index contributed by atoms with van der Waals surface area (Å²) in [4.78, 5) is 31.9. The molecule has 1 aliphatic heterocycles. The Morgan fingerprint density at radius 2 is 1.49 bits per heavy atom. The Kier molecular flexibility index (Phi) is 6.21. The zero-order chi connectivity index (χ0) is 24.6. The molecular weight excluding hydrogens is 450 g/mol. The van der Waals surface area contributed by atoms with Crippen LogP contribution in [-0.4, -0.2) is 54.7 Å². The Bertz CT molecular complexity index is 1230. The molecule has 1 heterocycles. The molecule has 2 aliphatic rings. The van der Waals surface area contributed by atoms with Crippen molar-refractivity contribution in [2.45, 2.75) is 18.5 Å². The van der Waals surface area contributed by atoms with Gasteiger partial charge < -0.3 is 4.74 Å². The molecule has 3 aromatic rings. The first-order chi connectivity index (χ1) is 17.0. The minimum Gasteiger partial charge on any atom is -0.496 e. The summed E-state index contributed by atoms with van der Waals surface area (Å²) in [5.41, 5.74) is 0.217. The van der Waals surface area contributed by atoms with Crippen molar-refractivity contribution in [1.29, 1.82) is 0 Å². The van der Waals surface area contributed by atoms with Crippen LogP contribution in [0.15, 0.2) is 72.8 Å². The number of ketones is 2. The van der Waals surface area contributed by atoms with Gasteiger partial charge in [0.2, 0.25) is 0 Å². The summed E-state index contributed by atoms with van der Waals surface area (Å²) in [6.45, 7) is 2.80. The Morgan fingerprint density at radius 1 is 0.857 bits per heavy atom. The van der Waals surface area contributed by atoms with E-state index in [-0.39, 0.29) is 17.1 Å². The van der Waals surface area contributed by atoms with Crippen LogP contribution in [0.2, 0.25) is 0 Å². The lowest BCUT2D eigenvalue weighted by molar-refractivity contribution is 0.0277. The second kappa shape index (κ2) is 9.32. The lowest BCUT2D eigenvalue weighted by Crippen LogP contribution is -2.60. The number of carbonyl (C=O) groups excluding carboxylic acids is 2. The van der Waals surface area contributed by atoms with Crippen LogP contribution < -0.4 is 4.74 Å². The van der Waals surface area contributed by atoms with Crippen molar-refractivity contribution in [2.24, 2.45) is 0 Å². The van der Waals surface area contributed by atoms with Gasteiger partial charge in [-0.1, -0.05) is 60.7 Å². The number of benzene rings is 3. The van der Waals surface area contributed by atoms with Crippen LogP contribution in [0.25, 0.3) is 0 Å². The Morgan fingerprint density at radius 3 is 2.11 bits per heavy atom. The fourth-order valence-electron chi connectivity index (χ4n) is 5.32. The third kappa shape index (κ3) is 3.85. The van der Waals surface area contributed by atoms with Crippen LogP contribution in [0.4, 0.5) is 8.78 Å². The fourth-order valence-corrected chi connectivity index (χ4v) is 5.32. The molecule has 0 aromatic heterocycles. The topological polar surface area (TPSA) is 49.9 Å². The van der Waals surface area contributed by atoms with E-state index in [4.69, 9.17) is 4.74 Å². The number of Topliss-reactive ketones (excluding diaryl/α,β-unsaturated/α-hetero) is 2. The number of methoxy groups -OCH3 is 1. The number of halogens is 2. The third-order valence-corrected chi connectivity index (χ3v) is 7.06. The number of carbonyl (C=O) groups is 2. The molecule has 0 radical (unpaired) electrons. The number of rotatable bonds is 6. The number of hydrogen-bond donors (Lipinski definition) is 0. The lowest BCUT2D eigenvalue weighted by atomic mass is 9.81. The van der Waals surface area contributed by atoms with Gasteiger partial charge in [0.05, 0.1) is 7.11 Å². The molecule has 1 aliphatic carbocycles. The van der Waals surface area contributed by atoms with E-state index >= 15 is 0 Å². The molecule has 35 heavy (non-hydrogen) atoms. The standard InChI is InChI=1S/C28H26F2N2O3/c1-35-24-12-5-2-7-20(24)18-31-13-15-32(16-14-31)28(21-9-6-8-19(17-21)27(29)30)25(33)22-10-3-4-11-23(22)26(28)34/h2-12,17,27H,13-16,18H2,1H3. The minimum absolute atomic E-state index is 0.201. The van der Waals surface area contributed by atoms with Crippen LogP contribution in [0.1, 0.15) is 43.8 Å². The normalized spacial score (nSPS) is 18.2. The molecule has 0 unspecified atom stereocenters. The number of fused-ring (bicyclic) bond motifs is 1. The molecule has 0 amide bonds. The maximum atomic E-state index is 13.9. The molecule has 3 aromatic carbocycles. The van der Waals surface area contributed by atoms with Crippen molar-refractivity contribution in [3.63, 3.8) is 0 Å². The largest absolute Gasteiger partial charge is 0.496 e. The number of nitrogens with zero attached hydrogens (tertiary/aromatic N) is 2.